The van der Waals surface area contributed by atoms with Gasteiger partial charge in [0.25, 0.3) is 0 Å². The molecule has 20 heavy (non-hydrogen) atoms. The number of pyridine rings is 1. The maximum atomic E-state index is 11.1. The first-order chi connectivity index (χ1) is 9.52. The lowest BCUT2D eigenvalue weighted by Crippen LogP contribution is -2.19. The summed E-state index contributed by atoms with van der Waals surface area (Å²) < 4.78 is 0. The number of nitrogen functional groups attached to an aromatic ring is 1. The number of nitrogens with two attached hydrogens (primary N) is 1. The number of aryl methyl sites for hydroxylation is 1. The molecule has 1 aromatic heterocycles. The van der Waals surface area contributed by atoms with Crippen LogP contribution in [0, 0.1) is 17.0 Å². The molecule has 104 valence electrons. The number of aromatic nitrogens is 1. The van der Waals surface area contributed by atoms with E-state index in [0.717, 1.165) is 11.3 Å². The fraction of sp³-hybridized carbons (Fsp3) is 0.214. The van der Waals surface area contributed by atoms with Crippen molar-refractivity contribution in [3.8, 4) is 0 Å². The zero-order chi connectivity index (χ0) is 14.7. The third kappa shape index (κ3) is 2.69. The molecule has 0 radical (unpaired) electrons. The van der Waals surface area contributed by atoms with Crippen molar-refractivity contribution in [2.45, 2.75) is 13.8 Å². The molecule has 0 fully saturated rings. The normalized spacial score (nSPS) is 10.3. The van der Waals surface area contributed by atoms with Gasteiger partial charge in [-0.25, -0.2) is 4.98 Å². The van der Waals surface area contributed by atoms with Gasteiger partial charge < -0.3 is 10.6 Å². The Labute approximate surface area is 117 Å². The summed E-state index contributed by atoms with van der Waals surface area (Å²) in [7, 11) is 0. The molecule has 0 bridgehead atoms. The van der Waals surface area contributed by atoms with Crippen molar-refractivity contribution in [3.05, 3.63) is 52.1 Å². The first kappa shape index (κ1) is 13.8. The molecular weight excluding hydrogens is 256 g/mol. The monoisotopic (exact) mass is 272 g/mol. The lowest BCUT2D eigenvalue weighted by atomic mass is 10.2. The van der Waals surface area contributed by atoms with E-state index in [2.05, 4.69) is 4.98 Å². The molecule has 0 unspecified atom stereocenters. The predicted molar refractivity (Wildman–Crippen MR) is 79.2 cm³/mol. The second-order valence-corrected chi connectivity index (χ2v) is 4.42. The summed E-state index contributed by atoms with van der Waals surface area (Å²) >= 11 is 0. The van der Waals surface area contributed by atoms with E-state index in [1.54, 1.807) is 4.90 Å². The zero-order valence-electron chi connectivity index (χ0n) is 11.4. The van der Waals surface area contributed by atoms with Crippen LogP contribution in [0.5, 0.6) is 0 Å². The van der Waals surface area contributed by atoms with Gasteiger partial charge in [-0.05, 0) is 37.6 Å². The molecule has 0 saturated carbocycles. The van der Waals surface area contributed by atoms with Gasteiger partial charge in [0.2, 0.25) is 5.82 Å². The maximum Gasteiger partial charge on any atom is 0.312 e. The van der Waals surface area contributed by atoms with Gasteiger partial charge in [-0.15, -0.1) is 0 Å². The van der Waals surface area contributed by atoms with E-state index in [9.17, 15) is 10.1 Å². The molecule has 0 saturated heterocycles. The van der Waals surface area contributed by atoms with Gasteiger partial charge in [-0.3, -0.25) is 10.1 Å². The molecule has 6 heteroatoms. The van der Waals surface area contributed by atoms with Crippen molar-refractivity contribution in [2.75, 3.05) is 17.2 Å². The number of hydrogen-bond acceptors (Lipinski definition) is 5. The molecular formula is C14H16N4O2. The highest BCUT2D eigenvalue weighted by atomic mass is 16.6. The Kier molecular flexibility index (Phi) is 3.84. The molecule has 2 rings (SSSR count). The van der Waals surface area contributed by atoms with Crippen LogP contribution >= 0.6 is 0 Å². The molecule has 1 aromatic carbocycles. The van der Waals surface area contributed by atoms with E-state index in [0.29, 0.717) is 6.54 Å². The molecule has 0 aliphatic heterocycles. The Bertz CT molecular complexity index is 643. The van der Waals surface area contributed by atoms with Crippen LogP contribution in [0.1, 0.15) is 12.5 Å². The van der Waals surface area contributed by atoms with Crippen molar-refractivity contribution in [2.24, 2.45) is 0 Å². The molecule has 2 aromatic rings. The fourth-order valence-corrected chi connectivity index (χ4v) is 2.05. The van der Waals surface area contributed by atoms with Gasteiger partial charge in [0.1, 0.15) is 5.82 Å². The predicted octanol–water partition coefficient (Wildman–Crippen LogP) is 3.04. The Morgan fingerprint density at radius 2 is 2.10 bits per heavy atom. The lowest BCUT2D eigenvalue weighted by molar-refractivity contribution is -0.384. The summed E-state index contributed by atoms with van der Waals surface area (Å²) in [4.78, 5) is 16.6. The van der Waals surface area contributed by atoms with E-state index < -0.39 is 4.92 Å². The highest BCUT2D eigenvalue weighted by molar-refractivity contribution is 5.70. The molecule has 0 aliphatic carbocycles. The standard InChI is InChI=1S/C14H16N4O2/c1-3-17(11-6-4-5-10(2)9-11)14-12(18(19)20)7-8-13(15)16-14/h4-9H,3H2,1-2H3,(H2,15,16). The maximum absolute atomic E-state index is 11.1. The number of hydrogen-bond donors (Lipinski definition) is 1. The summed E-state index contributed by atoms with van der Waals surface area (Å²) in [5.41, 5.74) is 7.55. The van der Waals surface area contributed by atoms with Crippen LogP contribution in [0.25, 0.3) is 0 Å². The number of nitrogens with zero attached hydrogens (tertiary/aromatic N) is 3. The minimum absolute atomic E-state index is 0.0532. The minimum atomic E-state index is -0.444. The average Bonchev–Trinajstić information content (AvgIpc) is 2.39. The minimum Gasteiger partial charge on any atom is -0.384 e. The second-order valence-electron chi connectivity index (χ2n) is 4.42. The average molecular weight is 272 g/mol. The van der Waals surface area contributed by atoms with Gasteiger partial charge >= 0.3 is 5.69 Å². The van der Waals surface area contributed by atoms with Crippen molar-refractivity contribution >= 4 is 23.0 Å². The van der Waals surface area contributed by atoms with Crippen molar-refractivity contribution in [1.29, 1.82) is 0 Å². The van der Waals surface area contributed by atoms with Crippen LogP contribution in [0.2, 0.25) is 0 Å². The van der Waals surface area contributed by atoms with E-state index in [1.165, 1.54) is 12.1 Å². The zero-order valence-corrected chi connectivity index (χ0v) is 11.4. The van der Waals surface area contributed by atoms with Gasteiger partial charge in [0.05, 0.1) is 4.92 Å². The number of nitro groups is 1. The largest absolute Gasteiger partial charge is 0.384 e. The number of rotatable bonds is 4. The van der Waals surface area contributed by atoms with E-state index in [4.69, 9.17) is 5.73 Å². The van der Waals surface area contributed by atoms with Crippen LogP contribution < -0.4 is 10.6 Å². The quantitative estimate of drug-likeness (QED) is 0.683. The van der Waals surface area contributed by atoms with E-state index >= 15 is 0 Å². The van der Waals surface area contributed by atoms with Gasteiger partial charge in [-0.1, -0.05) is 12.1 Å². The van der Waals surface area contributed by atoms with Crippen molar-refractivity contribution in [3.63, 3.8) is 0 Å². The summed E-state index contributed by atoms with van der Waals surface area (Å²) in [6.45, 7) is 4.44. The number of benzene rings is 1. The molecule has 0 atom stereocenters. The summed E-state index contributed by atoms with van der Waals surface area (Å²) in [5, 5.41) is 11.1. The lowest BCUT2D eigenvalue weighted by Gasteiger charge is -2.22. The molecule has 0 amide bonds. The first-order valence-electron chi connectivity index (χ1n) is 6.28. The van der Waals surface area contributed by atoms with Crippen LogP contribution in [-0.4, -0.2) is 16.5 Å². The molecule has 6 nitrogen and oxygen atoms in total. The highest BCUT2D eigenvalue weighted by Gasteiger charge is 2.21. The first-order valence-corrected chi connectivity index (χ1v) is 6.28. The van der Waals surface area contributed by atoms with Gasteiger partial charge in [0, 0.05) is 18.3 Å². The van der Waals surface area contributed by atoms with Crippen LogP contribution in [-0.2, 0) is 0 Å². The second kappa shape index (κ2) is 5.56. The smallest absolute Gasteiger partial charge is 0.312 e. The summed E-state index contributed by atoms with van der Waals surface area (Å²) in [5.74, 6) is 0.528. The van der Waals surface area contributed by atoms with E-state index in [-0.39, 0.29) is 17.3 Å². The topological polar surface area (TPSA) is 85.3 Å². The van der Waals surface area contributed by atoms with Gasteiger partial charge in [-0.2, -0.15) is 0 Å². The van der Waals surface area contributed by atoms with Crippen molar-refractivity contribution < 1.29 is 4.92 Å². The molecule has 0 spiro atoms. The highest BCUT2D eigenvalue weighted by Crippen LogP contribution is 2.32. The summed E-state index contributed by atoms with van der Waals surface area (Å²) in [6.07, 6.45) is 0. The third-order valence-corrected chi connectivity index (χ3v) is 2.96. The Hall–Kier alpha value is -2.63. The molecule has 1 heterocycles. The third-order valence-electron chi connectivity index (χ3n) is 2.96. The summed E-state index contributed by atoms with van der Waals surface area (Å²) in [6, 6.07) is 10.6. The molecule has 2 N–H and O–H groups in total. The van der Waals surface area contributed by atoms with Crippen LogP contribution in [0.15, 0.2) is 36.4 Å². The SMILES string of the molecule is CCN(c1cccc(C)c1)c1nc(N)ccc1[N+](=O)[O-]. The number of anilines is 3. The van der Waals surface area contributed by atoms with E-state index in [1.807, 2.05) is 38.1 Å². The van der Waals surface area contributed by atoms with Crippen molar-refractivity contribution in [1.82, 2.24) is 4.98 Å². The molecule has 0 aliphatic rings. The Morgan fingerprint density at radius 3 is 2.70 bits per heavy atom. The Morgan fingerprint density at radius 1 is 1.35 bits per heavy atom. The van der Waals surface area contributed by atoms with Crippen LogP contribution in [0.4, 0.5) is 23.0 Å². The fourth-order valence-electron chi connectivity index (χ4n) is 2.05. The van der Waals surface area contributed by atoms with Crippen LogP contribution in [0.3, 0.4) is 0 Å². The van der Waals surface area contributed by atoms with Gasteiger partial charge in [0.15, 0.2) is 0 Å². The Balaban J connectivity index is 2.57.